The molecule has 3 nitrogen and oxygen atoms in total. The van der Waals surface area contributed by atoms with Crippen LogP contribution in [0.4, 0.5) is 0 Å². The number of nitrogens with zero attached hydrogens (tertiary/aromatic N) is 1. The molecular formula is C25H22N2OS. The van der Waals surface area contributed by atoms with Gasteiger partial charge in [0.1, 0.15) is 0 Å². The van der Waals surface area contributed by atoms with Gasteiger partial charge in [-0.1, -0.05) is 78.9 Å². The highest BCUT2D eigenvalue weighted by Gasteiger charge is 2.22. The van der Waals surface area contributed by atoms with Gasteiger partial charge in [-0.2, -0.15) is 0 Å². The largest absolute Gasteiger partial charge is 0.345 e. The van der Waals surface area contributed by atoms with Gasteiger partial charge in [-0.15, -0.1) is 11.8 Å². The number of pyridine rings is 1. The van der Waals surface area contributed by atoms with E-state index in [0.717, 1.165) is 32.6 Å². The Hall–Kier alpha value is -3.11. The maximum Gasteiger partial charge on any atom is 0.253 e. The van der Waals surface area contributed by atoms with E-state index in [1.807, 2.05) is 98.1 Å². The maximum absolute atomic E-state index is 13.5. The van der Waals surface area contributed by atoms with Gasteiger partial charge in [-0.05, 0) is 24.8 Å². The Kier molecular flexibility index (Phi) is 5.63. The van der Waals surface area contributed by atoms with E-state index >= 15 is 0 Å². The number of amides is 1. The Morgan fingerprint density at radius 2 is 1.52 bits per heavy atom. The van der Waals surface area contributed by atoms with E-state index in [9.17, 15) is 4.79 Å². The second-order valence-electron chi connectivity index (χ2n) is 6.86. The molecule has 0 spiro atoms. The fourth-order valence-corrected chi connectivity index (χ4v) is 4.27. The number of para-hydroxylation sites is 1. The van der Waals surface area contributed by atoms with Crippen LogP contribution in [0.1, 0.15) is 28.9 Å². The molecule has 0 unspecified atom stereocenters. The van der Waals surface area contributed by atoms with Gasteiger partial charge in [0, 0.05) is 15.8 Å². The third kappa shape index (κ3) is 3.89. The van der Waals surface area contributed by atoms with Crippen molar-refractivity contribution in [1.82, 2.24) is 10.3 Å². The molecule has 0 aliphatic carbocycles. The van der Waals surface area contributed by atoms with Gasteiger partial charge < -0.3 is 5.32 Å². The van der Waals surface area contributed by atoms with Crippen LogP contribution < -0.4 is 5.32 Å². The molecule has 0 saturated heterocycles. The van der Waals surface area contributed by atoms with Crippen molar-refractivity contribution in [1.29, 1.82) is 0 Å². The topological polar surface area (TPSA) is 42.0 Å². The summed E-state index contributed by atoms with van der Waals surface area (Å²) in [5, 5.41) is 4.05. The highest BCUT2D eigenvalue weighted by atomic mass is 32.2. The van der Waals surface area contributed by atoms with Gasteiger partial charge in [0.2, 0.25) is 0 Å². The molecule has 4 heteroatoms. The SMILES string of the molecule is CSc1c(-c2ccccc2)nc2ccccc2c1C(=O)N[C@@H](C)c1ccccc1. The predicted octanol–water partition coefficient (Wildman–Crippen LogP) is 6.11. The number of thioether (sulfide) groups is 1. The van der Waals surface area contributed by atoms with Crippen molar-refractivity contribution in [3.63, 3.8) is 0 Å². The van der Waals surface area contributed by atoms with Crippen LogP contribution in [0.3, 0.4) is 0 Å². The molecule has 0 saturated carbocycles. The molecule has 144 valence electrons. The van der Waals surface area contributed by atoms with Crippen molar-refractivity contribution >= 4 is 28.6 Å². The standard InChI is InChI=1S/C25H22N2OS/c1-17(18-11-5-3-6-12-18)26-25(28)22-20-15-9-10-16-21(20)27-23(24(22)29-2)19-13-7-4-8-14-19/h3-17H,1-2H3,(H,26,28)/t17-/m0/s1. The number of hydrogen-bond donors (Lipinski definition) is 1. The Balaban J connectivity index is 1.85. The van der Waals surface area contributed by atoms with Crippen LogP contribution in [0.5, 0.6) is 0 Å². The summed E-state index contributed by atoms with van der Waals surface area (Å²) in [7, 11) is 0. The molecule has 3 aromatic carbocycles. The Morgan fingerprint density at radius 1 is 0.897 bits per heavy atom. The van der Waals surface area contributed by atoms with Gasteiger partial charge in [-0.3, -0.25) is 4.79 Å². The summed E-state index contributed by atoms with van der Waals surface area (Å²) < 4.78 is 0. The second-order valence-corrected chi connectivity index (χ2v) is 7.67. The first kappa shape index (κ1) is 19.2. The van der Waals surface area contributed by atoms with E-state index in [4.69, 9.17) is 4.98 Å². The third-order valence-electron chi connectivity index (χ3n) is 4.97. The highest BCUT2D eigenvalue weighted by Crippen LogP contribution is 2.36. The summed E-state index contributed by atoms with van der Waals surface area (Å²) in [6.07, 6.45) is 2.00. The van der Waals surface area contributed by atoms with Gasteiger partial charge in [0.05, 0.1) is 22.8 Å². The smallest absolute Gasteiger partial charge is 0.253 e. The molecule has 1 atom stereocenters. The van der Waals surface area contributed by atoms with E-state index < -0.39 is 0 Å². The van der Waals surface area contributed by atoms with Crippen LogP contribution >= 0.6 is 11.8 Å². The Bertz CT molecular complexity index is 1140. The zero-order chi connectivity index (χ0) is 20.2. The summed E-state index contributed by atoms with van der Waals surface area (Å²) in [4.78, 5) is 19.2. The van der Waals surface area contributed by atoms with E-state index in [1.54, 1.807) is 11.8 Å². The normalized spacial score (nSPS) is 11.9. The van der Waals surface area contributed by atoms with Gasteiger partial charge in [-0.25, -0.2) is 4.98 Å². The molecule has 0 fully saturated rings. The fourth-order valence-electron chi connectivity index (χ4n) is 3.50. The lowest BCUT2D eigenvalue weighted by Gasteiger charge is -2.19. The fraction of sp³-hybridized carbons (Fsp3) is 0.120. The molecule has 0 aliphatic rings. The molecule has 1 N–H and O–H groups in total. The second kappa shape index (κ2) is 8.50. The summed E-state index contributed by atoms with van der Waals surface area (Å²) in [5.41, 5.74) is 4.43. The Labute approximate surface area is 175 Å². The molecule has 0 radical (unpaired) electrons. The number of nitrogens with one attached hydrogen (secondary N) is 1. The van der Waals surface area contributed by atoms with E-state index in [-0.39, 0.29) is 11.9 Å². The van der Waals surface area contributed by atoms with Crippen LogP contribution in [0.25, 0.3) is 22.2 Å². The summed E-state index contributed by atoms with van der Waals surface area (Å²) in [5.74, 6) is -0.0820. The van der Waals surface area contributed by atoms with Gasteiger partial charge in [0.15, 0.2) is 0 Å². The number of hydrogen-bond acceptors (Lipinski definition) is 3. The minimum atomic E-state index is -0.0921. The van der Waals surface area contributed by atoms with E-state index in [1.165, 1.54) is 0 Å². The molecule has 4 rings (SSSR count). The Morgan fingerprint density at radius 3 is 2.21 bits per heavy atom. The number of fused-ring (bicyclic) bond motifs is 1. The zero-order valence-corrected chi connectivity index (χ0v) is 17.2. The average Bonchev–Trinajstić information content (AvgIpc) is 2.78. The van der Waals surface area contributed by atoms with Crippen molar-refractivity contribution in [2.24, 2.45) is 0 Å². The third-order valence-corrected chi connectivity index (χ3v) is 5.78. The van der Waals surface area contributed by atoms with Crippen molar-refractivity contribution < 1.29 is 4.79 Å². The number of benzene rings is 3. The molecule has 1 aromatic heterocycles. The lowest BCUT2D eigenvalue weighted by Crippen LogP contribution is -2.27. The lowest BCUT2D eigenvalue weighted by molar-refractivity contribution is 0.0938. The lowest BCUT2D eigenvalue weighted by atomic mass is 10.0. The minimum Gasteiger partial charge on any atom is -0.345 e. The molecule has 0 aliphatic heterocycles. The van der Waals surface area contributed by atoms with Crippen molar-refractivity contribution in [2.75, 3.05) is 6.26 Å². The quantitative estimate of drug-likeness (QED) is 0.412. The van der Waals surface area contributed by atoms with Crippen LogP contribution in [0, 0.1) is 0 Å². The van der Waals surface area contributed by atoms with Gasteiger partial charge >= 0.3 is 0 Å². The molecule has 1 amide bonds. The zero-order valence-electron chi connectivity index (χ0n) is 16.4. The van der Waals surface area contributed by atoms with E-state index in [0.29, 0.717) is 5.56 Å². The molecule has 0 bridgehead atoms. The molecular weight excluding hydrogens is 376 g/mol. The number of carbonyl (C=O) groups excluding carboxylic acids is 1. The first-order valence-corrected chi connectivity index (χ1v) is 10.8. The molecule has 29 heavy (non-hydrogen) atoms. The molecule has 1 heterocycles. The summed E-state index contributed by atoms with van der Waals surface area (Å²) in [6.45, 7) is 2.01. The predicted molar refractivity (Wildman–Crippen MR) is 121 cm³/mol. The average molecular weight is 399 g/mol. The maximum atomic E-state index is 13.5. The van der Waals surface area contributed by atoms with Crippen LogP contribution in [0.2, 0.25) is 0 Å². The number of rotatable bonds is 5. The van der Waals surface area contributed by atoms with Crippen LogP contribution in [0.15, 0.2) is 89.8 Å². The van der Waals surface area contributed by atoms with E-state index in [2.05, 4.69) is 5.32 Å². The molecule has 4 aromatic rings. The van der Waals surface area contributed by atoms with Gasteiger partial charge in [0.25, 0.3) is 5.91 Å². The van der Waals surface area contributed by atoms with Crippen molar-refractivity contribution in [3.05, 3.63) is 96.1 Å². The van der Waals surface area contributed by atoms with Crippen LogP contribution in [-0.2, 0) is 0 Å². The first-order chi connectivity index (χ1) is 14.2. The van der Waals surface area contributed by atoms with Crippen molar-refractivity contribution in [2.45, 2.75) is 17.9 Å². The first-order valence-electron chi connectivity index (χ1n) is 9.57. The number of aromatic nitrogens is 1. The number of carbonyl (C=O) groups is 1. The van der Waals surface area contributed by atoms with Crippen molar-refractivity contribution in [3.8, 4) is 11.3 Å². The summed E-state index contributed by atoms with van der Waals surface area (Å²) >= 11 is 1.56. The minimum absolute atomic E-state index is 0.0820. The van der Waals surface area contributed by atoms with Crippen LogP contribution in [-0.4, -0.2) is 17.1 Å². The monoisotopic (exact) mass is 398 g/mol. The summed E-state index contributed by atoms with van der Waals surface area (Å²) in [6, 6.07) is 27.8. The highest BCUT2D eigenvalue weighted by molar-refractivity contribution is 7.98.